The third kappa shape index (κ3) is 3.35. The van der Waals surface area contributed by atoms with Crippen LogP contribution in [0.15, 0.2) is 84.1 Å². The molecule has 0 atom stereocenters. The fourth-order valence-electron chi connectivity index (χ4n) is 2.15. The highest BCUT2D eigenvalue weighted by atomic mass is 32.2. The van der Waals surface area contributed by atoms with Crippen molar-refractivity contribution in [1.29, 1.82) is 0 Å². The molecular weight excluding hydrogens is 308 g/mol. The Morgan fingerprint density at radius 2 is 1.65 bits per heavy atom. The number of rotatable bonds is 4. The van der Waals surface area contributed by atoms with Crippen molar-refractivity contribution in [2.24, 2.45) is 0 Å². The van der Waals surface area contributed by atoms with Crippen LogP contribution in [0.25, 0.3) is 11.0 Å². The molecule has 4 nitrogen and oxygen atoms in total. The van der Waals surface area contributed by atoms with Gasteiger partial charge in [0.25, 0.3) is 0 Å². The average molecular weight is 322 g/mol. The highest BCUT2D eigenvalue weighted by Gasteiger charge is 2.22. The van der Waals surface area contributed by atoms with Gasteiger partial charge in [0.15, 0.2) is 0 Å². The first-order chi connectivity index (χ1) is 11.2. The van der Waals surface area contributed by atoms with Crippen LogP contribution in [0.1, 0.15) is 11.3 Å². The van der Waals surface area contributed by atoms with E-state index in [2.05, 4.69) is 9.97 Å². The molecule has 3 aromatic rings. The third-order valence-corrected chi connectivity index (χ3v) is 5.08. The first-order valence-electron chi connectivity index (χ1n) is 7.01. The largest absolute Gasteiger partial charge is 0.264 e. The number of hydrogen-bond donors (Lipinski definition) is 0. The van der Waals surface area contributed by atoms with Crippen molar-refractivity contribution < 1.29 is 8.42 Å². The molecule has 114 valence electrons. The molecule has 0 aliphatic rings. The van der Waals surface area contributed by atoms with Gasteiger partial charge in [-0.25, -0.2) is 8.42 Å². The van der Waals surface area contributed by atoms with Crippen LogP contribution in [0.2, 0.25) is 0 Å². The summed E-state index contributed by atoms with van der Waals surface area (Å²) >= 11 is 0. The van der Waals surface area contributed by atoms with Crippen LogP contribution in [0.5, 0.6) is 0 Å². The van der Waals surface area contributed by atoms with Gasteiger partial charge in [0.2, 0.25) is 9.84 Å². The number of hydrogen-bond acceptors (Lipinski definition) is 4. The molecule has 0 amide bonds. The summed E-state index contributed by atoms with van der Waals surface area (Å²) in [6.07, 6.45) is 6.34. The van der Waals surface area contributed by atoms with Crippen LogP contribution in [0.3, 0.4) is 0 Å². The van der Waals surface area contributed by atoms with Crippen LogP contribution >= 0.6 is 0 Å². The Bertz CT molecular complexity index is 907. The van der Waals surface area contributed by atoms with Crippen LogP contribution in [-0.4, -0.2) is 18.4 Å². The van der Waals surface area contributed by atoms with Crippen LogP contribution in [0, 0.1) is 0 Å². The Kier molecular flexibility index (Phi) is 4.30. The lowest BCUT2D eigenvalue weighted by molar-refractivity contribution is 0.606. The Labute approximate surface area is 135 Å². The van der Waals surface area contributed by atoms with Crippen molar-refractivity contribution in [3.05, 3.63) is 90.5 Å². The molecule has 0 bridgehead atoms. The van der Waals surface area contributed by atoms with E-state index in [-0.39, 0.29) is 9.80 Å². The van der Waals surface area contributed by atoms with Gasteiger partial charge < -0.3 is 0 Å². The minimum atomic E-state index is -3.67. The van der Waals surface area contributed by atoms with Gasteiger partial charge in [-0.05, 0) is 36.4 Å². The van der Waals surface area contributed by atoms with Crippen molar-refractivity contribution in [2.75, 3.05) is 0 Å². The second-order valence-electron chi connectivity index (χ2n) is 4.82. The van der Waals surface area contributed by atoms with Gasteiger partial charge in [-0.15, -0.1) is 0 Å². The summed E-state index contributed by atoms with van der Waals surface area (Å²) in [5.74, 6) is 0. The molecule has 1 aromatic carbocycles. The smallest absolute Gasteiger partial charge is 0.207 e. The minimum absolute atomic E-state index is 0.176. The zero-order valence-electron chi connectivity index (χ0n) is 12.2. The predicted molar refractivity (Wildman–Crippen MR) is 90.0 cm³/mol. The van der Waals surface area contributed by atoms with E-state index in [1.54, 1.807) is 73.1 Å². The zero-order chi connectivity index (χ0) is 16.1. The number of aromatic nitrogens is 2. The molecule has 0 radical (unpaired) electrons. The molecule has 5 heteroatoms. The summed E-state index contributed by atoms with van der Waals surface area (Å²) in [5.41, 5.74) is 1.10. The molecule has 0 spiro atoms. The summed E-state index contributed by atoms with van der Waals surface area (Å²) < 4.78 is 26.0. The summed E-state index contributed by atoms with van der Waals surface area (Å²) in [6, 6.07) is 17.1. The molecule has 0 N–H and O–H groups in total. The van der Waals surface area contributed by atoms with Gasteiger partial charge in [-0.1, -0.05) is 30.3 Å². The molecule has 0 saturated carbocycles. The molecule has 0 saturated heterocycles. The second-order valence-corrected chi connectivity index (χ2v) is 6.74. The Morgan fingerprint density at radius 3 is 2.30 bits per heavy atom. The van der Waals surface area contributed by atoms with Crippen LogP contribution < -0.4 is 0 Å². The third-order valence-electron chi connectivity index (χ3n) is 3.26. The molecule has 0 aliphatic carbocycles. The fraction of sp³-hybridized carbons (Fsp3) is 0. The minimum Gasteiger partial charge on any atom is -0.264 e. The second kappa shape index (κ2) is 6.54. The molecule has 2 heterocycles. The maximum absolute atomic E-state index is 13.0. The SMILES string of the molecule is O=S(=O)(/C(=C\c1ccccn1)c1cccnc1)c1ccccc1. The topological polar surface area (TPSA) is 59.9 Å². The lowest BCUT2D eigenvalue weighted by Crippen LogP contribution is -2.04. The molecule has 0 fully saturated rings. The lowest BCUT2D eigenvalue weighted by Gasteiger charge is -2.09. The van der Waals surface area contributed by atoms with Crippen LogP contribution in [-0.2, 0) is 9.84 Å². The number of nitrogens with zero attached hydrogens (tertiary/aromatic N) is 2. The normalized spacial score (nSPS) is 12.1. The van der Waals surface area contributed by atoms with Gasteiger partial charge in [-0.2, -0.15) is 0 Å². The maximum Gasteiger partial charge on any atom is 0.207 e. The van der Waals surface area contributed by atoms with Crippen molar-refractivity contribution >= 4 is 20.8 Å². The number of pyridine rings is 2. The molecular formula is C18H14N2O2S. The standard InChI is InChI=1S/C18H14N2O2S/c21-23(22,17-9-2-1-3-10-17)18(15-7-6-11-19-14-15)13-16-8-4-5-12-20-16/h1-14H/b18-13-. The average Bonchev–Trinajstić information content (AvgIpc) is 2.62. The maximum atomic E-state index is 13.0. The highest BCUT2D eigenvalue weighted by Crippen LogP contribution is 2.29. The van der Waals surface area contributed by atoms with E-state index in [1.165, 1.54) is 6.20 Å². The van der Waals surface area contributed by atoms with E-state index in [1.807, 2.05) is 6.07 Å². The number of benzene rings is 1. The molecule has 0 unspecified atom stereocenters. The quantitative estimate of drug-likeness (QED) is 0.738. The van der Waals surface area contributed by atoms with E-state index >= 15 is 0 Å². The Hall–Kier alpha value is -2.79. The lowest BCUT2D eigenvalue weighted by atomic mass is 10.2. The predicted octanol–water partition coefficient (Wildman–Crippen LogP) is 3.45. The first-order valence-corrected chi connectivity index (χ1v) is 8.49. The van der Waals surface area contributed by atoms with Crippen LogP contribution in [0.4, 0.5) is 0 Å². The summed E-state index contributed by atoms with van der Waals surface area (Å²) in [4.78, 5) is 8.64. The van der Waals surface area contributed by atoms with Crippen molar-refractivity contribution in [3.8, 4) is 0 Å². The van der Waals surface area contributed by atoms with E-state index in [9.17, 15) is 8.42 Å². The Balaban J connectivity index is 2.19. The van der Waals surface area contributed by atoms with Crippen molar-refractivity contribution in [2.45, 2.75) is 4.90 Å². The van der Waals surface area contributed by atoms with Gasteiger partial charge >= 0.3 is 0 Å². The Morgan fingerprint density at radius 1 is 0.870 bits per heavy atom. The highest BCUT2D eigenvalue weighted by molar-refractivity contribution is 8.00. The monoisotopic (exact) mass is 322 g/mol. The molecule has 0 aliphatic heterocycles. The van der Waals surface area contributed by atoms with Gasteiger partial charge in [0.1, 0.15) is 0 Å². The fourth-order valence-corrected chi connectivity index (χ4v) is 3.62. The van der Waals surface area contributed by atoms with Crippen molar-refractivity contribution in [1.82, 2.24) is 9.97 Å². The van der Waals surface area contributed by atoms with E-state index in [0.717, 1.165) is 0 Å². The van der Waals surface area contributed by atoms with E-state index in [4.69, 9.17) is 0 Å². The summed E-state index contributed by atoms with van der Waals surface area (Å²) in [6.45, 7) is 0. The zero-order valence-corrected chi connectivity index (χ0v) is 13.0. The summed E-state index contributed by atoms with van der Waals surface area (Å²) in [7, 11) is -3.67. The van der Waals surface area contributed by atoms with Gasteiger partial charge in [0, 0.05) is 24.2 Å². The number of sulfone groups is 1. The van der Waals surface area contributed by atoms with Crippen molar-refractivity contribution in [3.63, 3.8) is 0 Å². The van der Waals surface area contributed by atoms with E-state index in [0.29, 0.717) is 11.3 Å². The van der Waals surface area contributed by atoms with Gasteiger partial charge in [0.05, 0.1) is 15.5 Å². The summed E-state index contributed by atoms with van der Waals surface area (Å²) in [5, 5.41) is 0. The van der Waals surface area contributed by atoms with E-state index < -0.39 is 9.84 Å². The molecule has 23 heavy (non-hydrogen) atoms. The first kappa shape index (κ1) is 15.1. The van der Waals surface area contributed by atoms with Gasteiger partial charge in [-0.3, -0.25) is 9.97 Å². The molecule has 3 rings (SSSR count). The molecule has 2 aromatic heterocycles.